The second-order valence-corrected chi connectivity index (χ2v) is 4.28. The first-order chi connectivity index (χ1) is 4.67. The Balaban J connectivity index is 2.69. The van der Waals surface area contributed by atoms with Crippen molar-refractivity contribution in [2.45, 2.75) is 6.42 Å². The molecule has 1 aliphatic rings. The average molecular weight is 163 g/mol. The lowest BCUT2D eigenvalue weighted by Gasteiger charge is -2.08. The lowest BCUT2D eigenvalue weighted by molar-refractivity contribution is -0.108. The van der Waals surface area contributed by atoms with Crippen molar-refractivity contribution in [1.82, 2.24) is 4.31 Å². The van der Waals surface area contributed by atoms with Gasteiger partial charge in [-0.05, 0) is 6.42 Å². The molecule has 0 aromatic carbocycles. The molecule has 0 amide bonds. The van der Waals surface area contributed by atoms with Crippen LogP contribution in [0.4, 0.5) is 0 Å². The van der Waals surface area contributed by atoms with Crippen molar-refractivity contribution in [2.24, 2.45) is 0 Å². The third kappa shape index (κ3) is 1.35. The number of carbonyl (C=O) groups is 1. The van der Waals surface area contributed by atoms with Crippen LogP contribution in [0.2, 0.25) is 0 Å². The smallest absolute Gasteiger partial charge is 0.214 e. The van der Waals surface area contributed by atoms with Crippen LogP contribution in [0, 0.1) is 0 Å². The minimum absolute atomic E-state index is 0.0162. The van der Waals surface area contributed by atoms with Gasteiger partial charge in [-0.2, -0.15) is 4.31 Å². The molecule has 0 radical (unpaired) electrons. The number of aldehydes is 1. The average Bonchev–Trinajstić information content (AvgIpc) is 2.13. The zero-order valence-corrected chi connectivity index (χ0v) is 6.30. The summed E-state index contributed by atoms with van der Waals surface area (Å²) < 4.78 is 23.0. The van der Waals surface area contributed by atoms with E-state index in [0.29, 0.717) is 19.3 Å². The van der Waals surface area contributed by atoms with E-state index in [2.05, 4.69) is 0 Å². The summed E-state index contributed by atoms with van der Waals surface area (Å²) in [5.41, 5.74) is 0. The minimum atomic E-state index is -3.05. The number of nitrogens with zero attached hydrogens (tertiary/aromatic N) is 1. The third-order valence-corrected chi connectivity index (χ3v) is 3.40. The Bertz CT molecular complexity index is 221. The second-order valence-electron chi connectivity index (χ2n) is 2.19. The molecular formula is C5H9NO3S. The van der Waals surface area contributed by atoms with Crippen LogP contribution in [0.1, 0.15) is 6.42 Å². The molecule has 1 aliphatic heterocycles. The van der Waals surface area contributed by atoms with Crippen molar-refractivity contribution >= 4 is 16.3 Å². The molecule has 0 spiro atoms. The molecule has 0 atom stereocenters. The first-order valence-electron chi connectivity index (χ1n) is 3.08. The van der Waals surface area contributed by atoms with E-state index >= 15 is 0 Å². The molecule has 5 heteroatoms. The lowest BCUT2D eigenvalue weighted by Crippen LogP contribution is -2.27. The fourth-order valence-corrected chi connectivity index (χ4v) is 2.43. The maximum absolute atomic E-state index is 10.9. The maximum atomic E-state index is 10.9. The van der Waals surface area contributed by atoms with Crippen molar-refractivity contribution in [3.8, 4) is 0 Å². The van der Waals surface area contributed by atoms with Gasteiger partial charge >= 0.3 is 0 Å². The normalized spacial score (nSPS) is 24.8. The Morgan fingerprint density at radius 1 is 1.50 bits per heavy atom. The fraction of sp³-hybridized carbons (Fsp3) is 0.800. The van der Waals surface area contributed by atoms with Crippen LogP contribution in [0.15, 0.2) is 0 Å². The molecule has 0 bridgehead atoms. The van der Waals surface area contributed by atoms with E-state index in [1.807, 2.05) is 0 Å². The molecule has 10 heavy (non-hydrogen) atoms. The van der Waals surface area contributed by atoms with Crippen LogP contribution in [-0.4, -0.2) is 37.9 Å². The highest BCUT2D eigenvalue weighted by molar-refractivity contribution is 7.89. The van der Waals surface area contributed by atoms with Crippen molar-refractivity contribution in [3.63, 3.8) is 0 Å². The van der Waals surface area contributed by atoms with E-state index in [1.165, 1.54) is 4.31 Å². The van der Waals surface area contributed by atoms with E-state index in [1.54, 1.807) is 0 Å². The zero-order valence-electron chi connectivity index (χ0n) is 5.49. The van der Waals surface area contributed by atoms with E-state index in [-0.39, 0.29) is 12.3 Å². The van der Waals surface area contributed by atoms with Crippen LogP contribution in [0.5, 0.6) is 0 Å². The molecule has 4 nitrogen and oxygen atoms in total. The summed E-state index contributed by atoms with van der Waals surface area (Å²) in [5.74, 6) is 0.195. The number of carbonyl (C=O) groups excluding carboxylic acids is 1. The molecule has 0 unspecified atom stereocenters. The summed E-state index contributed by atoms with van der Waals surface area (Å²) in [7, 11) is -3.05. The Kier molecular flexibility index (Phi) is 2.05. The first kappa shape index (κ1) is 7.68. The van der Waals surface area contributed by atoms with Gasteiger partial charge in [-0.15, -0.1) is 0 Å². The van der Waals surface area contributed by atoms with Gasteiger partial charge in [-0.25, -0.2) is 8.42 Å². The van der Waals surface area contributed by atoms with Gasteiger partial charge in [-0.1, -0.05) is 0 Å². The number of hydrogen-bond donors (Lipinski definition) is 0. The molecule has 0 aliphatic carbocycles. The standard InChI is InChI=1S/C5H9NO3S/c7-4-3-6-2-1-5-10(6,8)9/h4H,1-3,5H2. The summed E-state index contributed by atoms with van der Waals surface area (Å²) in [6, 6.07) is 0. The van der Waals surface area contributed by atoms with E-state index in [4.69, 9.17) is 0 Å². The molecule has 0 aromatic rings. The van der Waals surface area contributed by atoms with Crippen LogP contribution >= 0.6 is 0 Å². The SMILES string of the molecule is O=CCN1CCCS1(=O)=O. The van der Waals surface area contributed by atoms with Crippen LogP contribution < -0.4 is 0 Å². The predicted octanol–water partition coefficient (Wildman–Crippen LogP) is -0.779. The van der Waals surface area contributed by atoms with Crippen molar-refractivity contribution in [1.29, 1.82) is 0 Å². The summed E-state index contributed by atoms with van der Waals surface area (Å²) in [6.07, 6.45) is 1.26. The van der Waals surface area contributed by atoms with Crippen molar-refractivity contribution in [3.05, 3.63) is 0 Å². The highest BCUT2D eigenvalue weighted by Gasteiger charge is 2.26. The predicted molar refractivity (Wildman–Crippen MR) is 36.0 cm³/mol. The number of hydrogen-bond acceptors (Lipinski definition) is 3. The molecule has 1 fully saturated rings. The molecule has 1 rings (SSSR count). The van der Waals surface area contributed by atoms with Gasteiger partial charge in [0.2, 0.25) is 10.0 Å². The quantitative estimate of drug-likeness (QED) is 0.502. The Labute approximate surface area is 59.9 Å². The van der Waals surface area contributed by atoms with Crippen molar-refractivity contribution < 1.29 is 13.2 Å². The highest BCUT2D eigenvalue weighted by Crippen LogP contribution is 2.10. The number of sulfonamides is 1. The molecule has 58 valence electrons. The van der Waals surface area contributed by atoms with E-state index < -0.39 is 10.0 Å². The van der Waals surface area contributed by atoms with Gasteiger partial charge in [0.05, 0.1) is 12.3 Å². The molecule has 1 heterocycles. The van der Waals surface area contributed by atoms with Gasteiger partial charge in [-0.3, -0.25) is 0 Å². The molecule has 1 saturated heterocycles. The molecule has 0 aromatic heterocycles. The van der Waals surface area contributed by atoms with Crippen LogP contribution in [0.25, 0.3) is 0 Å². The summed E-state index contributed by atoms with van der Waals surface area (Å²) in [4.78, 5) is 9.94. The zero-order chi connectivity index (χ0) is 7.61. The molecule has 0 N–H and O–H groups in total. The summed E-state index contributed by atoms with van der Waals surface area (Å²) >= 11 is 0. The maximum Gasteiger partial charge on any atom is 0.214 e. The monoisotopic (exact) mass is 163 g/mol. The third-order valence-electron chi connectivity index (χ3n) is 1.48. The Morgan fingerprint density at radius 3 is 2.60 bits per heavy atom. The van der Waals surface area contributed by atoms with E-state index in [0.717, 1.165) is 0 Å². The number of rotatable bonds is 2. The van der Waals surface area contributed by atoms with E-state index in [9.17, 15) is 13.2 Å². The van der Waals surface area contributed by atoms with Gasteiger partial charge in [0.25, 0.3) is 0 Å². The largest absolute Gasteiger partial charge is 0.302 e. The van der Waals surface area contributed by atoms with Gasteiger partial charge in [0, 0.05) is 6.54 Å². The van der Waals surface area contributed by atoms with Crippen LogP contribution in [0.3, 0.4) is 0 Å². The summed E-state index contributed by atoms with van der Waals surface area (Å²) in [6.45, 7) is 0.517. The Hall–Kier alpha value is -0.420. The second kappa shape index (κ2) is 2.67. The van der Waals surface area contributed by atoms with Gasteiger partial charge < -0.3 is 4.79 Å². The van der Waals surface area contributed by atoms with Gasteiger partial charge in [0.15, 0.2) is 0 Å². The molecular weight excluding hydrogens is 154 g/mol. The topological polar surface area (TPSA) is 54.5 Å². The van der Waals surface area contributed by atoms with Crippen LogP contribution in [-0.2, 0) is 14.8 Å². The Morgan fingerprint density at radius 2 is 2.20 bits per heavy atom. The molecule has 0 saturated carbocycles. The first-order valence-corrected chi connectivity index (χ1v) is 4.69. The van der Waals surface area contributed by atoms with Crippen molar-refractivity contribution in [2.75, 3.05) is 18.8 Å². The highest BCUT2D eigenvalue weighted by atomic mass is 32.2. The lowest BCUT2D eigenvalue weighted by atomic mass is 10.5. The minimum Gasteiger partial charge on any atom is -0.302 e. The summed E-state index contributed by atoms with van der Waals surface area (Å²) in [5, 5.41) is 0. The van der Waals surface area contributed by atoms with Gasteiger partial charge in [0.1, 0.15) is 6.29 Å². The fourth-order valence-electron chi connectivity index (χ4n) is 0.979.